The van der Waals surface area contributed by atoms with Gasteiger partial charge in [-0.2, -0.15) is 0 Å². The van der Waals surface area contributed by atoms with Gasteiger partial charge in [-0.15, -0.1) is 0 Å². The number of halogens is 2. The van der Waals surface area contributed by atoms with Crippen LogP contribution in [-0.2, 0) is 19.1 Å². The highest BCUT2D eigenvalue weighted by Gasteiger charge is 2.47. The standard InChI is InChI=1S/C23H29ClFN3O5/c1-12(29)26-10-16-3-5-21(33-16)23(31)28-20-9-19(13-6-14(20)7-13)27-22(30)11-32-15-2-4-17(24)18(25)8-15/h2,4,8,13-14,16,19-21H,3,5-7,9-11H2,1H3,(H,26,29)(H,27,30)(H,28,31). The van der Waals surface area contributed by atoms with Crippen LogP contribution in [0.15, 0.2) is 18.2 Å². The van der Waals surface area contributed by atoms with Crippen LogP contribution in [0.5, 0.6) is 5.75 Å². The molecular formula is C23H29ClFN3O5. The van der Waals surface area contributed by atoms with E-state index < -0.39 is 11.9 Å². The third-order valence-corrected chi connectivity index (χ3v) is 7.08. The van der Waals surface area contributed by atoms with Crippen molar-refractivity contribution >= 4 is 29.3 Å². The van der Waals surface area contributed by atoms with Crippen molar-refractivity contribution in [2.24, 2.45) is 11.8 Å². The van der Waals surface area contributed by atoms with Gasteiger partial charge in [0.05, 0.1) is 11.1 Å². The Morgan fingerprint density at radius 3 is 2.55 bits per heavy atom. The second-order valence-electron chi connectivity index (χ2n) is 9.14. The summed E-state index contributed by atoms with van der Waals surface area (Å²) in [6.45, 7) is 1.63. The molecule has 0 aromatic heterocycles. The highest BCUT2D eigenvalue weighted by Crippen LogP contribution is 2.46. The Morgan fingerprint density at radius 1 is 1.12 bits per heavy atom. The lowest BCUT2D eigenvalue weighted by atomic mass is 9.60. The fourth-order valence-electron chi connectivity index (χ4n) is 4.92. The summed E-state index contributed by atoms with van der Waals surface area (Å²) in [5.41, 5.74) is 0. The summed E-state index contributed by atoms with van der Waals surface area (Å²) in [6, 6.07) is 3.97. The first-order valence-electron chi connectivity index (χ1n) is 11.4. The number of carbonyl (C=O) groups is 3. The minimum absolute atomic E-state index is 0.00659. The van der Waals surface area contributed by atoms with Crippen LogP contribution in [0.4, 0.5) is 4.39 Å². The van der Waals surface area contributed by atoms with Gasteiger partial charge in [0.2, 0.25) is 11.8 Å². The molecule has 4 unspecified atom stereocenters. The zero-order valence-electron chi connectivity index (χ0n) is 18.4. The van der Waals surface area contributed by atoms with E-state index in [-0.39, 0.29) is 53.3 Å². The lowest BCUT2D eigenvalue weighted by Gasteiger charge is -2.51. The van der Waals surface area contributed by atoms with E-state index in [1.165, 1.54) is 19.1 Å². The average molecular weight is 482 g/mol. The second kappa shape index (κ2) is 10.3. The lowest BCUT2D eigenvalue weighted by Crippen LogP contribution is -2.61. The van der Waals surface area contributed by atoms with Crippen LogP contribution in [-0.4, -0.2) is 55.2 Å². The molecule has 1 aromatic carbocycles. The normalized spacial score (nSPS) is 30.2. The van der Waals surface area contributed by atoms with E-state index in [0.29, 0.717) is 31.2 Å². The van der Waals surface area contributed by atoms with Crippen molar-refractivity contribution in [2.45, 2.75) is 63.3 Å². The number of nitrogens with one attached hydrogen (secondary N) is 3. The summed E-state index contributed by atoms with van der Waals surface area (Å²) in [6.07, 6.45) is 3.26. The molecule has 8 nitrogen and oxygen atoms in total. The molecule has 180 valence electrons. The first kappa shape index (κ1) is 23.8. The van der Waals surface area contributed by atoms with Crippen molar-refractivity contribution in [3.05, 3.63) is 29.0 Å². The van der Waals surface area contributed by atoms with Gasteiger partial charge in [-0.25, -0.2) is 4.39 Å². The van der Waals surface area contributed by atoms with Gasteiger partial charge in [0.15, 0.2) is 6.61 Å². The topological polar surface area (TPSA) is 106 Å². The Hall–Kier alpha value is -2.39. The first-order chi connectivity index (χ1) is 15.8. The van der Waals surface area contributed by atoms with Crippen molar-refractivity contribution in [1.29, 1.82) is 0 Å². The smallest absolute Gasteiger partial charge is 0.258 e. The second-order valence-corrected chi connectivity index (χ2v) is 9.55. The molecule has 0 radical (unpaired) electrons. The SMILES string of the molecule is CC(=O)NCC1CCC(C(=O)NC2CC(NC(=O)COc3ccc(Cl)c(F)c3)C3CC2C3)O1. The van der Waals surface area contributed by atoms with Gasteiger partial charge < -0.3 is 25.4 Å². The highest BCUT2D eigenvalue weighted by atomic mass is 35.5. The van der Waals surface area contributed by atoms with Crippen molar-refractivity contribution in [2.75, 3.05) is 13.2 Å². The Bertz CT molecular complexity index is 910. The minimum atomic E-state index is -0.603. The van der Waals surface area contributed by atoms with E-state index in [1.54, 1.807) is 0 Å². The number of amides is 3. The summed E-state index contributed by atoms with van der Waals surface area (Å²) in [7, 11) is 0. The third-order valence-electron chi connectivity index (χ3n) is 6.77. The largest absolute Gasteiger partial charge is 0.484 e. The van der Waals surface area contributed by atoms with Crippen LogP contribution >= 0.6 is 11.6 Å². The van der Waals surface area contributed by atoms with Gasteiger partial charge in [0.25, 0.3) is 5.91 Å². The maximum absolute atomic E-state index is 13.5. The number of hydrogen-bond acceptors (Lipinski definition) is 5. The molecule has 10 heteroatoms. The number of hydrogen-bond donors (Lipinski definition) is 3. The quantitative estimate of drug-likeness (QED) is 0.526. The summed E-state index contributed by atoms with van der Waals surface area (Å²) in [5, 5.41) is 8.84. The predicted octanol–water partition coefficient (Wildman–Crippen LogP) is 1.94. The van der Waals surface area contributed by atoms with Crippen molar-refractivity contribution in [1.82, 2.24) is 16.0 Å². The average Bonchev–Trinajstić information content (AvgIpc) is 3.21. The zero-order valence-corrected chi connectivity index (χ0v) is 19.2. The van der Waals surface area contributed by atoms with Crippen molar-refractivity contribution < 1.29 is 28.2 Å². The number of ether oxygens (including phenoxy) is 2. The molecule has 4 aliphatic rings. The molecule has 3 amide bonds. The molecule has 4 fully saturated rings. The maximum Gasteiger partial charge on any atom is 0.258 e. The third kappa shape index (κ3) is 5.95. The van der Waals surface area contributed by atoms with Crippen LogP contribution in [0.25, 0.3) is 0 Å². The molecule has 1 aromatic rings. The van der Waals surface area contributed by atoms with Crippen LogP contribution in [0.1, 0.15) is 39.0 Å². The lowest BCUT2D eigenvalue weighted by molar-refractivity contribution is -0.134. The fourth-order valence-corrected chi connectivity index (χ4v) is 5.04. The van der Waals surface area contributed by atoms with Gasteiger partial charge >= 0.3 is 0 Å². The Labute approximate surface area is 196 Å². The molecule has 33 heavy (non-hydrogen) atoms. The number of benzene rings is 1. The van der Waals surface area contributed by atoms with E-state index in [4.69, 9.17) is 21.1 Å². The number of carbonyl (C=O) groups excluding carboxylic acids is 3. The summed E-state index contributed by atoms with van der Waals surface area (Å²) < 4.78 is 24.7. The maximum atomic E-state index is 13.5. The number of rotatable bonds is 8. The summed E-state index contributed by atoms with van der Waals surface area (Å²) >= 11 is 5.65. The molecule has 1 saturated heterocycles. The van der Waals surface area contributed by atoms with E-state index in [1.807, 2.05) is 0 Å². The van der Waals surface area contributed by atoms with Gasteiger partial charge in [-0.1, -0.05) is 11.6 Å². The molecule has 3 aliphatic carbocycles. The molecule has 3 N–H and O–H groups in total. The molecule has 2 bridgehead atoms. The van der Waals surface area contributed by atoms with Gasteiger partial charge in [0.1, 0.15) is 17.7 Å². The number of fused-ring (bicyclic) bond motifs is 2. The first-order valence-corrected chi connectivity index (χ1v) is 11.7. The fraction of sp³-hybridized carbons (Fsp3) is 0.609. The van der Waals surface area contributed by atoms with Crippen LogP contribution in [0.3, 0.4) is 0 Å². The van der Waals surface area contributed by atoms with E-state index in [0.717, 1.165) is 25.3 Å². The van der Waals surface area contributed by atoms with Crippen LogP contribution < -0.4 is 20.7 Å². The molecule has 0 spiro atoms. The summed E-state index contributed by atoms with van der Waals surface area (Å²) in [5.74, 6) is -0.0972. The Morgan fingerprint density at radius 2 is 1.85 bits per heavy atom. The molecule has 1 aliphatic heterocycles. The molecule has 5 rings (SSSR count). The van der Waals surface area contributed by atoms with Gasteiger partial charge in [-0.3, -0.25) is 14.4 Å². The molecular weight excluding hydrogens is 453 g/mol. The molecule has 1 heterocycles. The van der Waals surface area contributed by atoms with Crippen molar-refractivity contribution in [3.8, 4) is 5.75 Å². The Kier molecular flexibility index (Phi) is 7.38. The van der Waals surface area contributed by atoms with E-state index in [9.17, 15) is 18.8 Å². The highest BCUT2D eigenvalue weighted by molar-refractivity contribution is 6.30. The van der Waals surface area contributed by atoms with E-state index in [2.05, 4.69) is 16.0 Å². The molecule has 4 atom stereocenters. The van der Waals surface area contributed by atoms with Crippen LogP contribution in [0.2, 0.25) is 5.02 Å². The monoisotopic (exact) mass is 481 g/mol. The van der Waals surface area contributed by atoms with Crippen molar-refractivity contribution in [3.63, 3.8) is 0 Å². The van der Waals surface area contributed by atoms with Gasteiger partial charge in [0, 0.05) is 31.6 Å². The minimum Gasteiger partial charge on any atom is -0.484 e. The molecule has 3 saturated carbocycles. The zero-order chi connectivity index (χ0) is 23.5. The van der Waals surface area contributed by atoms with Crippen LogP contribution in [0, 0.1) is 17.7 Å². The summed E-state index contributed by atoms with van der Waals surface area (Å²) in [4.78, 5) is 36.2. The predicted molar refractivity (Wildman–Crippen MR) is 118 cm³/mol. The van der Waals surface area contributed by atoms with E-state index >= 15 is 0 Å². The van der Waals surface area contributed by atoms with Gasteiger partial charge in [-0.05, 0) is 56.1 Å². The Balaban J connectivity index is 1.22.